The lowest BCUT2D eigenvalue weighted by atomic mass is 10.1. The molecule has 0 aromatic heterocycles. The van der Waals surface area contributed by atoms with E-state index in [2.05, 4.69) is 0 Å². The molecule has 0 radical (unpaired) electrons. The van der Waals surface area contributed by atoms with Crippen molar-refractivity contribution in [1.82, 2.24) is 4.90 Å². The van der Waals surface area contributed by atoms with Crippen molar-refractivity contribution in [1.29, 1.82) is 0 Å². The van der Waals surface area contributed by atoms with Crippen molar-refractivity contribution >= 4 is 19.5 Å². The average Bonchev–Trinajstić information content (AvgIpc) is 3.06. The highest BCUT2D eigenvalue weighted by Crippen LogP contribution is 2.57. The largest absolute Gasteiger partial charge is 0.467 e. The molecule has 1 aromatic rings. The smallest absolute Gasteiger partial charge is 0.352 e. The first-order chi connectivity index (χ1) is 11.0. The third-order valence-electron chi connectivity index (χ3n) is 3.96. The van der Waals surface area contributed by atoms with Gasteiger partial charge in [0.1, 0.15) is 11.8 Å². The molecule has 1 aliphatic rings. The fourth-order valence-electron chi connectivity index (χ4n) is 2.80. The lowest BCUT2D eigenvalue weighted by molar-refractivity contribution is -0.145. The Kier molecular flexibility index (Phi) is 5.57. The van der Waals surface area contributed by atoms with Crippen molar-refractivity contribution < 1.29 is 27.9 Å². The highest BCUT2D eigenvalue weighted by molar-refractivity contribution is 7.54. The van der Waals surface area contributed by atoms with Gasteiger partial charge in [0.2, 0.25) is 0 Å². The van der Waals surface area contributed by atoms with Crippen molar-refractivity contribution in [2.75, 3.05) is 21.3 Å². The van der Waals surface area contributed by atoms with Crippen LogP contribution in [0, 0.1) is 0 Å². The normalized spacial score (nSPS) is 21.3. The number of nitrogens with zero attached hydrogens (tertiary/aromatic N) is 1. The summed E-state index contributed by atoms with van der Waals surface area (Å²) in [5.74, 6) is -1.78. The number of carbonyl (C=O) groups is 2. The second kappa shape index (κ2) is 7.25. The number of esters is 1. The summed E-state index contributed by atoms with van der Waals surface area (Å²) in [5, 5.41) is 0. The molecule has 2 rings (SSSR count). The van der Waals surface area contributed by atoms with Crippen molar-refractivity contribution in [3.63, 3.8) is 0 Å². The SMILES string of the molecule is COC(=O)[C@@H]1CC[C@@H](P(=O)(OC)OC)N1C(=O)c1ccccc1. The zero-order valence-corrected chi connectivity index (χ0v) is 14.2. The molecular weight excluding hydrogens is 321 g/mol. The molecular formula is C15H20NO6P. The first-order valence-corrected chi connectivity index (χ1v) is 8.76. The highest BCUT2D eigenvalue weighted by atomic mass is 31.2. The van der Waals surface area contributed by atoms with Gasteiger partial charge in [0.05, 0.1) is 7.11 Å². The van der Waals surface area contributed by atoms with E-state index in [0.29, 0.717) is 18.4 Å². The monoisotopic (exact) mass is 341 g/mol. The number of amides is 1. The Hall–Kier alpha value is -1.69. The molecule has 0 aliphatic carbocycles. The van der Waals surface area contributed by atoms with Gasteiger partial charge < -0.3 is 18.7 Å². The van der Waals surface area contributed by atoms with Crippen LogP contribution in [-0.4, -0.2) is 49.9 Å². The second-order valence-electron chi connectivity index (χ2n) is 5.08. The molecule has 1 heterocycles. The first-order valence-electron chi connectivity index (χ1n) is 7.15. The lowest BCUT2D eigenvalue weighted by Crippen LogP contribution is -2.45. The van der Waals surface area contributed by atoms with Gasteiger partial charge in [-0.2, -0.15) is 0 Å². The summed E-state index contributed by atoms with van der Waals surface area (Å²) in [4.78, 5) is 26.1. The maximum Gasteiger partial charge on any atom is 0.352 e. The number of hydrogen-bond acceptors (Lipinski definition) is 6. The first kappa shape index (κ1) is 17.7. The Balaban J connectivity index is 2.42. The van der Waals surface area contributed by atoms with Crippen LogP contribution >= 0.6 is 7.60 Å². The van der Waals surface area contributed by atoms with Crippen LogP contribution in [0.3, 0.4) is 0 Å². The van der Waals surface area contributed by atoms with Crippen molar-refractivity contribution in [2.24, 2.45) is 0 Å². The molecule has 126 valence electrons. The molecule has 0 N–H and O–H groups in total. The van der Waals surface area contributed by atoms with Gasteiger partial charge in [0, 0.05) is 19.8 Å². The third-order valence-corrected chi connectivity index (χ3v) is 6.21. The molecule has 7 nitrogen and oxygen atoms in total. The zero-order chi connectivity index (χ0) is 17.0. The molecule has 1 saturated heterocycles. The van der Waals surface area contributed by atoms with Crippen molar-refractivity contribution in [2.45, 2.75) is 24.7 Å². The van der Waals surface area contributed by atoms with E-state index in [0.717, 1.165) is 0 Å². The van der Waals surface area contributed by atoms with E-state index in [1.54, 1.807) is 30.3 Å². The molecule has 0 spiro atoms. The summed E-state index contributed by atoms with van der Waals surface area (Å²) in [7, 11) is 0.237. The Bertz CT molecular complexity index is 612. The van der Waals surface area contributed by atoms with E-state index in [4.69, 9.17) is 13.8 Å². The maximum atomic E-state index is 12.9. The van der Waals surface area contributed by atoms with Crippen LogP contribution in [0.4, 0.5) is 0 Å². The summed E-state index contributed by atoms with van der Waals surface area (Å²) in [6.45, 7) is 0. The maximum absolute atomic E-state index is 12.9. The molecule has 1 aromatic carbocycles. The van der Waals surface area contributed by atoms with Gasteiger partial charge in [-0.3, -0.25) is 9.36 Å². The fraction of sp³-hybridized carbons (Fsp3) is 0.467. The van der Waals surface area contributed by atoms with E-state index in [9.17, 15) is 14.2 Å². The predicted octanol–water partition coefficient (Wildman–Crippen LogP) is 2.28. The number of likely N-dealkylation sites (tertiary alicyclic amines) is 1. The quantitative estimate of drug-likeness (QED) is 0.604. The van der Waals surface area contributed by atoms with Crippen LogP contribution in [0.15, 0.2) is 30.3 Å². The Morgan fingerprint density at radius 2 is 1.70 bits per heavy atom. The van der Waals surface area contributed by atoms with Crippen LogP contribution in [0.5, 0.6) is 0 Å². The van der Waals surface area contributed by atoms with E-state index < -0.39 is 31.3 Å². The van der Waals surface area contributed by atoms with Gasteiger partial charge in [0.25, 0.3) is 5.91 Å². The summed E-state index contributed by atoms with van der Waals surface area (Å²) < 4.78 is 27.6. The van der Waals surface area contributed by atoms with Crippen molar-refractivity contribution in [3.05, 3.63) is 35.9 Å². The van der Waals surface area contributed by atoms with E-state index in [-0.39, 0.29) is 0 Å². The summed E-state index contributed by atoms with van der Waals surface area (Å²) in [6, 6.07) is 7.68. The molecule has 0 unspecified atom stereocenters. The predicted molar refractivity (Wildman–Crippen MR) is 83.1 cm³/mol. The third kappa shape index (κ3) is 3.32. The Morgan fingerprint density at radius 3 is 2.22 bits per heavy atom. The number of benzene rings is 1. The van der Waals surface area contributed by atoms with E-state index in [1.807, 2.05) is 0 Å². The minimum Gasteiger partial charge on any atom is -0.467 e. The van der Waals surface area contributed by atoms with Gasteiger partial charge >= 0.3 is 13.6 Å². The highest BCUT2D eigenvalue weighted by Gasteiger charge is 2.51. The summed E-state index contributed by atoms with van der Waals surface area (Å²) >= 11 is 0. The van der Waals surface area contributed by atoms with Crippen LogP contribution in [0.25, 0.3) is 0 Å². The van der Waals surface area contributed by atoms with E-state index in [1.165, 1.54) is 26.2 Å². The fourth-order valence-corrected chi connectivity index (χ4v) is 4.47. The molecule has 0 saturated carbocycles. The summed E-state index contributed by atoms with van der Waals surface area (Å²) in [6.07, 6.45) is 0.671. The Morgan fingerprint density at radius 1 is 1.09 bits per heavy atom. The molecule has 0 bridgehead atoms. The molecule has 2 atom stereocenters. The summed E-state index contributed by atoms with van der Waals surface area (Å²) in [5.41, 5.74) is 0.395. The van der Waals surface area contributed by atoms with Gasteiger partial charge in [0.15, 0.2) is 0 Å². The van der Waals surface area contributed by atoms with Crippen LogP contribution in [-0.2, 0) is 23.1 Å². The van der Waals surface area contributed by atoms with Crippen LogP contribution < -0.4 is 0 Å². The number of hydrogen-bond donors (Lipinski definition) is 0. The molecule has 23 heavy (non-hydrogen) atoms. The van der Waals surface area contributed by atoms with E-state index >= 15 is 0 Å². The number of methoxy groups -OCH3 is 1. The second-order valence-corrected chi connectivity index (χ2v) is 7.49. The minimum absolute atomic E-state index is 0.331. The molecule has 8 heteroatoms. The Labute approximate surface area is 135 Å². The zero-order valence-electron chi connectivity index (χ0n) is 13.3. The van der Waals surface area contributed by atoms with Crippen LogP contribution in [0.1, 0.15) is 23.2 Å². The van der Waals surface area contributed by atoms with Gasteiger partial charge in [-0.15, -0.1) is 0 Å². The van der Waals surface area contributed by atoms with Crippen molar-refractivity contribution in [3.8, 4) is 0 Å². The molecule has 1 amide bonds. The number of carbonyl (C=O) groups excluding carboxylic acids is 2. The topological polar surface area (TPSA) is 82.1 Å². The van der Waals surface area contributed by atoms with Gasteiger partial charge in [-0.25, -0.2) is 4.79 Å². The van der Waals surface area contributed by atoms with Gasteiger partial charge in [-0.05, 0) is 25.0 Å². The number of rotatable bonds is 5. The average molecular weight is 341 g/mol. The number of ether oxygens (including phenoxy) is 1. The van der Waals surface area contributed by atoms with Crippen LogP contribution in [0.2, 0.25) is 0 Å². The standard InChI is InChI=1S/C15H20NO6P/c1-20-15(18)12-9-10-13(23(19,21-2)22-3)16(12)14(17)11-7-5-4-6-8-11/h4-8,12-13H,9-10H2,1-3H3/t12-,13+/m0/s1. The minimum atomic E-state index is -3.55. The molecule has 1 aliphatic heterocycles. The lowest BCUT2D eigenvalue weighted by Gasteiger charge is -2.32. The van der Waals surface area contributed by atoms with Gasteiger partial charge in [-0.1, -0.05) is 18.2 Å². The molecule has 1 fully saturated rings.